The number of aliphatic hydroxyl groups is 1. The Hall–Kier alpha value is -0.770. The van der Waals surface area contributed by atoms with Crippen molar-refractivity contribution in [3.63, 3.8) is 0 Å². The first-order valence-electron chi connectivity index (χ1n) is 6.62. The summed E-state index contributed by atoms with van der Waals surface area (Å²) in [7, 11) is 0. The smallest absolute Gasteiger partial charge is 0.315 e. The molecular weight excluding hydrogens is 216 g/mol. The predicted octanol–water partition coefficient (Wildman–Crippen LogP) is 1.88. The lowest BCUT2D eigenvalue weighted by atomic mass is 9.97. The molecule has 1 aliphatic carbocycles. The minimum atomic E-state index is -0.459. The van der Waals surface area contributed by atoms with Gasteiger partial charge in [0.25, 0.3) is 0 Å². The van der Waals surface area contributed by atoms with E-state index in [1.54, 1.807) is 0 Å². The van der Waals surface area contributed by atoms with Crippen LogP contribution in [0.2, 0.25) is 0 Å². The van der Waals surface area contributed by atoms with Crippen LogP contribution in [-0.2, 0) is 0 Å². The van der Waals surface area contributed by atoms with E-state index in [9.17, 15) is 9.90 Å². The Bertz CT molecular complexity index is 266. The van der Waals surface area contributed by atoms with E-state index >= 15 is 0 Å². The summed E-state index contributed by atoms with van der Waals surface area (Å²) in [6.07, 6.45) is 3.23. The number of carbonyl (C=O) groups excluding carboxylic acids is 1. The van der Waals surface area contributed by atoms with Gasteiger partial charge in [0.05, 0.1) is 12.1 Å². The third-order valence-electron chi connectivity index (χ3n) is 4.06. The van der Waals surface area contributed by atoms with Crippen LogP contribution in [0.4, 0.5) is 4.79 Å². The van der Waals surface area contributed by atoms with Crippen molar-refractivity contribution < 1.29 is 9.90 Å². The molecule has 3 N–H and O–H groups in total. The minimum absolute atomic E-state index is 0.00278. The molecule has 1 aliphatic rings. The fourth-order valence-corrected chi connectivity index (χ4v) is 1.99. The van der Waals surface area contributed by atoms with Crippen LogP contribution in [0.25, 0.3) is 0 Å². The summed E-state index contributed by atoms with van der Waals surface area (Å²) in [5.41, 5.74) is -0.459. The quantitative estimate of drug-likeness (QED) is 0.666. The predicted molar refractivity (Wildman–Crippen MR) is 68.8 cm³/mol. The Balaban J connectivity index is 2.42. The van der Waals surface area contributed by atoms with E-state index in [4.69, 9.17) is 0 Å². The summed E-state index contributed by atoms with van der Waals surface area (Å²) < 4.78 is 0. The second kappa shape index (κ2) is 5.71. The molecule has 3 atom stereocenters. The van der Waals surface area contributed by atoms with Gasteiger partial charge in [0, 0.05) is 6.04 Å². The molecule has 0 aromatic heterocycles. The van der Waals surface area contributed by atoms with Crippen LogP contribution in [0.5, 0.6) is 0 Å². The largest absolute Gasteiger partial charge is 0.394 e. The van der Waals surface area contributed by atoms with Crippen molar-refractivity contribution in [3.8, 4) is 0 Å². The Morgan fingerprint density at radius 1 is 1.47 bits per heavy atom. The zero-order valence-electron chi connectivity index (χ0n) is 11.4. The van der Waals surface area contributed by atoms with E-state index in [-0.39, 0.29) is 18.7 Å². The molecule has 17 heavy (non-hydrogen) atoms. The number of urea groups is 1. The molecule has 1 rings (SSSR count). The topological polar surface area (TPSA) is 61.4 Å². The maximum Gasteiger partial charge on any atom is 0.315 e. The van der Waals surface area contributed by atoms with Gasteiger partial charge in [0.2, 0.25) is 0 Å². The van der Waals surface area contributed by atoms with Crippen LogP contribution < -0.4 is 10.6 Å². The molecule has 2 amide bonds. The molecule has 0 bridgehead atoms. The monoisotopic (exact) mass is 242 g/mol. The highest BCUT2D eigenvalue weighted by Crippen LogP contribution is 2.39. The van der Waals surface area contributed by atoms with E-state index in [2.05, 4.69) is 24.5 Å². The highest BCUT2D eigenvalue weighted by atomic mass is 16.3. The van der Waals surface area contributed by atoms with Gasteiger partial charge in [-0.3, -0.25) is 0 Å². The highest BCUT2D eigenvalue weighted by Gasteiger charge is 2.42. The number of hydrogen-bond acceptors (Lipinski definition) is 2. The number of amides is 2. The third kappa shape index (κ3) is 3.87. The van der Waals surface area contributed by atoms with Crippen molar-refractivity contribution in [1.82, 2.24) is 10.6 Å². The summed E-state index contributed by atoms with van der Waals surface area (Å²) >= 11 is 0. The third-order valence-corrected chi connectivity index (χ3v) is 4.06. The number of aliphatic hydroxyl groups excluding tert-OH is 1. The fraction of sp³-hybridized carbons (Fsp3) is 0.923. The van der Waals surface area contributed by atoms with Crippen molar-refractivity contribution in [1.29, 1.82) is 0 Å². The second-order valence-electron chi connectivity index (χ2n) is 5.62. The number of rotatable bonds is 6. The maximum atomic E-state index is 11.8. The van der Waals surface area contributed by atoms with E-state index in [0.717, 1.165) is 19.3 Å². The standard InChI is InChI=1S/C13H26N2O2/c1-5-9(2)10(3)14-12(17)15-13(4,8-16)11-6-7-11/h9-11,16H,5-8H2,1-4H3,(H2,14,15,17). The molecule has 0 spiro atoms. The summed E-state index contributed by atoms with van der Waals surface area (Å²) in [4.78, 5) is 11.8. The van der Waals surface area contributed by atoms with Crippen molar-refractivity contribution in [2.24, 2.45) is 11.8 Å². The van der Waals surface area contributed by atoms with E-state index in [0.29, 0.717) is 11.8 Å². The number of carbonyl (C=O) groups is 1. The molecule has 0 heterocycles. The minimum Gasteiger partial charge on any atom is -0.394 e. The van der Waals surface area contributed by atoms with Gasteiger partial charge in [-0.25, -0.2) is 4.79 Å². The van der Waals surface area contributed by atoms with Crippen molar-refractivity contribution in [3.05, 3.63) is 0 Å². The van der Waals surface area contributed by atoms with Crippen LogP contribution in [0.1, 0.15) is 47.0 Å². The zero-order valence-corrected chi connectivity index (χ0v) is 11.4. The first-order valence-corrected chi connectivity index (χ1v) is 6.62. The van der Waals surface area contributed by atoms with Gasteiger partial charge in [-0.05, 0) is 38.5 Å². The van der Waals surface area contributed by atoms with Crippen LogP contribution in [-0.4, -0.2) is 29.3 Å². The van der Waals surface area contributed by atoms with Crippen LogP contribution in [0.3, 0.4) is 0 Å². The van der Waals surface area contributed by atoms with Crippen molar-refractivity contribution in [2.45, 2.75) is 58.5 Å². The Labute approximate surface area is 104 Å². The van der Waals surface area contributed by atoms with Crippen molar-refractivity contribution in [2.75, 3.05) is 6.61 Å². The van der Waals surface area contributed by atoms with E-state index in [1.165, 1.54) is 0 Å². The summed E-state index contributed by atoms with van der Waals surface area (Å²) in [5.74, 6) is 0.888. The first-order chi connectivity index (χ1) is 7.92. The number of nitrogens with one attached hydrogen (secondary N) is 2. The normalized spacial score (nSPS) is 22.4. The first kappa shape index (κ1) is 14.3. The van der Waals surface area contributed by atoms with Gasteiger partial charge in [-0.1, -0.05) is 20.3 Å². The van der Waals surface area contributed by atoms with E-state index in [1.807, 2.05) is 13.8 Å². The fourth-order valence-electron chi connectivity index (χ4n) is 1.99. The zero-order chi connectivity index (χ0) is 13.1. The van der Waals surface area contributed by atoms with Gasteiger partial charge in [0.15, 0.2) is 0 Å². The molecular formula is C13H26N2O2. The molecule has 4 heteroatoms. The van der Waals surface area contributed by atoms with Crippen LogP contribution in [0.15, 0.2) is 0 Å². The maximum absolute atomic E-state index is 11.8. The van der Waals surface area contributed by atoms with Gasteiger partial charge >= 0.3 is 6.03 Å². The summed E-state index contributed by atoms with van der Waals surface area (Å²) in [6.45, 7) is 8.17. The van der Waals surface area contributed by atoms with Crippen LogP contribution in [0, 0.1) is 11.8 Å². The van der Waals surface area contributed by atoms with Crippen molar-refractivity contribution >= 4 is 6.03 Å². The molecule has 0 saturated heterocycles. The lowest BCUT2D eigenvalue weighted by molar-refractivity contribution is 0.153. The highest BCUT2D eigenvalue weighted by molar-refractivity contribution is 5.75. The molecule has 3 unspecified atom stereocenters. The van der Waals surface area contributed by atoms with Gasteiger partial charge in [-0.15, -0.1) is 0 Å². The number of hydrogen-bond donors (Lipinski definition) is 3. The molecule has 4 nitrogen and oxygen atoms in total. The Kier molecular flexibility index (Phi) is 4.80. The van der Waals surface area contributed by atoms with Gasteiger partial charge < -0.3 is 15.7 Å². The Morgan fingerprint density at radius 2 is 2.06 bits per heavy atom. The molecule has 100 valence electrons. The second-order valence-corrected chi connectivity index (χ2v) is 5.62. The summed E-state index contributed by atoms with van der Waals surface area (Å²) in [6, 6.07) is -0.0107. The summed E-state index contributed by atoms with van der Waals surface area (Å²) in [5, 5.41) is 15.2. The molecule has 1 saturated carbocycles. The van der Waals surface area contributed by atoms with E-state index < -0.39 is 5.54 Å². The van der Waals surface area contributed by atoms with Gasteiger partial charge in [-0.2, -0.15) is 0 Å². The average Bonchev–Trinajstić information content (AvgIpc) is 3.11. The van der Waals surface area contributed by atoms with Gasteiger partial charge in [0.1, 0.15) is 0 Å². The molecule has 0 aromatic carbocycles. The SMILES string of the molecule is CCC(C)C(C)NC(=O)NC(C)(CO)C1CC1. The lowest BCUT2D eigenvalue weighted by Crippen LogP contribution is -2.56. The van der Waals surface area contributed by atoms with Crippen LogP contribution >= 0.6 is 0 Å². The molecule has 0 radical (unpaired) electrons. The lowest BCUT2D eigenvalue weighted by Gasteiger charge is -2.30. The molecule has 0 aliphatic heterocycles. The molecule has 0 aromatic rings. The average molecular weight is 242 g/mol. The Morgan fingerprint density at radius 3 is 2.47 bits per heavy atom. The molecule has 1 fully saturated rings.